The van der Waals surface area contributed by atoms with E-state index in [2.05, 4.69) is 12.2 Å². The molecule has 1 aromatic heterocycles. The van der Waals surface area contributed by atoms with Crippen molar-refractivity contribution < 1.29 is 19.1 Å². The molecule has 0 spiro atoms. The van der Waals surface area contributed by atoms with E-state index in [0.29, 0.717) is 5.56 Å². The van der Waals surface area contributed by atoms with Crippen LogP contribution in [0.1, 0.15) is 64.0 Å². The van der Waals surface area contributed by atoms with Crippen LogP contribution >= 0.6 is 11.3 Å². The number of benzene rings is 1. The summed E-state index contributed by atoms with van der Waals surface area (Å²) in [7, 11) is 0. The molecule has 0 radical (unpaired) electrons. The van der Waals surface area contributed by atoms with Gasteiger partial charge in [-0.05, 0) is 44.4 Å². The number of ether oxygens (including phenoxy) is 1. The highest BCUT2D eigenvalue weighted by atomic mass is 32.1. The molecule has 1 N–H and O–H groups in total. The number of esters is 1. The van der Waals surface area contributed by atoms with Crippen molar-refractivity contribution in [1.29, 1.82) is 0 Å². The second-order valence-corrected chi connectivity index (χ2v) is 8.26. The van der Waals surface area contributed by atoms with Gasteiger partial charge >= 0.3 is 5.97 Å². The number of carbonyl (C=O) groups is 3. The summed E-state index contributed by atoms with van der Waals surface area (Å²) in [6, 6.07) is 9.70. The van der Waals surface area contributed by atoms with Crippen molar-refractivity contribution in [2.45, 2.75) is 53.0 Å². The summed E-state index contributed by atoms with van der Waals surface area (Å²) in [6.07, 6.45) is 1.01. The number of hydrogen-bond donors (Lipinski definition) is 1. The Kier molecular flexibility index (Phi) is 7.93. The molecular weight excluding hydrogens is 374 g/mol. The first-order valence-electron chi connectivity index (χ1n) is 9.44. The van der Waals surface area contributed by atoms with Crippen molar-refractivity contribution in [2.24, 2.45) is 0 Å². The molecule has 0 aliphatic rings. The zero-order valence-electron chi connectivity index (χ0n) is 16.8. The summed E-state index contributed by atoms with van der Waals surface area (Å²) < 4.78 is 5.00. The molecule has 0 aliphatic heterocycles. The molecule has 2 rings (SSSR count). The largest absolute Gasteiger partial charge is 0.456 e. The van der Waals surface area contributed by atoms with Crippen LogP contribution in [-0.4, -0.2) is 24.3 Å². The smallest absolute Gasteiger partial charge is 0.306 e. The van der Waals surface area contributed by atoms with Crippen LogP contribution in [0.15, 0.2) is 30.3 Å². The number of amides is 1. The molecule has 1 heterocycles. The Balaban J connectivity index is 1.73. The third-order valence-electron chi connectivity index (χ3n) is 4.53. The molecule has 1 atom stereocenters. The van der Waals surface area contributed by atoms with Gasteiger partial charge in [-0.15, -0.1) is 11.3 Å². The number of carbonyl (C=O) groups excluding carboxylic acids is 3. The lowest BCUT2D eigenvalue weighted by Crippen LogP contribution is -2.31. The number of nitrogens with one attached hydrogen (secondary N) is 1. The highest BCUT2D eigenvalue weighted by Gasteiger charge is 2.16. The Morgan fingerprint density at radius 1 is 1.11 bits per heavy atom. The fourth-order valence-corrected chi connectivity index (χ4v) is 3.83. The van der Waals surface area contributed by atoms with E-state index in [1.54, 1.807) is 11.3 Å². The van der Waals surface area contributed by atoms with Crippen molar-refractivity contribution in [3.8, 4) is 0 Å². The molecule has 0 saturated carbocycles. The third kappa shape index (κ3) is 6.30. The van der Waals surface area contributed by atoms with Gasteiger partial charge in [-0.2, -0.15) is 0 Å². The highest BCUT2D eigenvalue weighted by molar-refractivity contribution is 7.12. The molecule has 6 heteroatoms. The topological polar surface area (TPSA) is 72.5 Å². The molecule has 0 aliphatic carbocycles. The predicted octanol–water partition coefficient (Wildman–Crippen LogP) is 4.31. The number of rotatable bonds is 9. The Morgan fingerprint density at radius 2 is 1.79 bits per heavy atom. The quantitative estimate of drug-likeness (QED) is 0.502. The Hall–Kier alpha value is -2.47. The van der Waals surface area contributed by atoms with E-state index in [9.17, 15) is 14.4 Å². The van der Waals surface area contributed by atoms with E-state index in [0.717, 1.165) is 21.7 Å². The SMILES string of the molecule is CCc1ccc(C(C)NC(=O)COC(=O)CCC(=O)c2cc(C)sc2C)cc1. The summed E-state index contributed by atoms with van der Waals surface area (Å²) in [6.45, 7) is 7.46. The number of thiophene rings is 1. The van der Waals surface area contributed by atoms with Crippen LogP contribution < -0.4 is 5.32 Å². The van der Waals surface area contributed by atoms with Gasteiger partial charge in [-0.25, -0.2) is 0 Å². The van der Waals surface area contributed by atoms with Gasteiger partial charge < -0.3 is 10.1 Å². The predicted molar refractivity (Wildman–Crippen MR) is 111 cm³/mol. The number of aryl methyl sites for hydroxylation is 3. The van der Waals surface area contributed by atoms with Gasteiger partial charge in [0.05, 0.1) is 12.5 Å². The minimum absolute atomic E-state index is 0.0333. The average Bonchev–Trinajstić information content (AvgIpc) is 3.02. The minimum atomic E-state index is -0.548. The Bertz CT molecular complexity index is 839. The van der Waals surface area contributed by atoms with Crippen LogP contribution in [0, 0.1) is 13.8 Å². The van der Waals surface area contributed by atoms with E-state index in [1.165, 1.54) is 5.56 Å². The van der Waals surface area contributed by atoms with Crippen LogP contribution in [-0.2, 0) is 20.7 Å². The summed E-state index contributed by atoms with van der Waals surface area (Å²) in [5.74, 6) is -0.989. The van der Waals surface area contributed by atoms with Gasteiger partial charge in [0.1, 0.15) is 0 Å². The van der Waals surface area contributed by atoms with E-state index >= 15 is 0 Å². The van der Waals surface area contributed by atoms with Crippen LogP contribution in [0.4, 0.5) is 0 Å². The summed E-state index contributed by atoms with van der Waals surface area (Å²) in [5, 5.41) is 2.81. The maximum atomic E-state index is 12.2. The summed E-state index contributed by atoms with van der Waals surface area (Å²) in [5.41, 5.74) is 2.89. The van der Waals surface area contributed by atoms with Crippen LogP contribution in [0.25, 0.3) is 0 Å². The fourth-order valence-electron chi connectivity index (χ4n) is 2.88. The van der Waals surface area contributed by atoms with Gasteiger partial charge in [0.15, 0.2) is 12.4 Å². The maximum absolute atomic E-state index is 12.2. The van der Waals surface area contributed by atoms with E-state index in [1.807, 2.05) is 51.1 Å². The molecule has 0 fully saturated rings. The van der Waals surface area contributed by atoms with Crippen LogP contribution in [0.3, 0.4) is 0 Å². The maximum Gasteiger partial charge on any atom is 0.306 e. The number of hydrogen-bond acceptors (Lipinski definition) is 5. The third-order valence-corrected chi connectivity index (χ3v) is 5.49. The lowest BCUT2D eigenvalue weighted by Gasteiger charge is -2.15. The van der Waals surface area contributed by atoms with Crippen molar-refractivity contribution >= 4 is 29.0 Å². The van der Waals surface area contributed by atoms with Gasteiger partial charge in [-0.1, -0.05) is 31.2 Å². The van der Waals surface area contributed by atoms with Gasteiger partial charge in [0.25, 0.3) is 5.91 Å². The fraction of sp³-hybridized carbons (Fsp3) is 0.409. The second-order valence-electron chi connectivity index (χ2n) is 6.80. The molecule has 1 aromatic carbocycles. The molecule has 0 saturated heterocycles. The molecule has 150 valence electrons. The van der Waals surface area contributed by atoms with Gasteiger partial charge in [0.2, 0.25) is 0 Å². The van der Waals surface area contributed by atoms with Gasteiger partial charge in [0, 0.05) is 21.7 Å². The minimum Gasteiger partial charge on any atom is -0.456 e. The molecule has 28 heavy (non-hydrogen) atoms. The Morgan fingerprint density at radius 3 is 2.36 bits per heavy atom. The molecule has 0 bridgehead atoms. The number of Topliss-reactive ketones (excluding diaryl/α,β-unsaturated/α-hetero) is 1. The molecule has 1 amide bonds. The highest BCUT2D eigenvalue weighted by Crippen LogP contribution is 2.22. The summed E-state index contributed by atoms with van der Waals surface area (Å²) >= 11 is 1.56. The Labute approximate surface area is 170 Å². The van der Waals surface area contributed by atoms with Crippen molar-refractivity contribution in [2.75, 3.05) is 6.61 Å². The van der Waals surface area contributed by atoms with Crippen LogP contribution in [0.2, 0.25) is 0 Å². The lowest BCUT2D eigenvalue weighted by molar-refractivity contribution is -0.148. The second kappa shape index (κ2) is 10.2. The van der Waals surface area contributed by atoms with Gasteiger partial charge in [-0.3, -0.25) is 14.4 Å². The summed E-state index contributed by atoms with van der Waals surface area (Å²) in [4.78, 5) is 38.1. The first-order valence-corrected chi connectivity index (χ1v) is 10.3. The zero-order chi connectivity index (χ0) is 20.7. The first kappa shape index (κ1) is 21.8. The molecule has 5 nitrogen and oxygen atoms in total. The van der Waals surface area contributed by atoms with E-state index < -0.39 is 5.97 Å². The lowest BCUT2D eigenvalue weighted by atomic mass is 10.1. The average molecular weight is 402 g/mol. The van der Waals surface area contributed by atoms with E-state index in [4.69, 9.17) is 4.74 Å². The van der Waals surface area contributed by atoms with Crippen molar-refractivity contribution in [3.63, 3.8) is 0 Å². The standard InChI is InChI=1S/C22H27NO4S/c1-5-17-6-8-18(9-7-17)15(3)23-21(25)13-27-22(26)11-10-20(24)19-12-14(2)28-16(19)4/h6-9,12,15H,5,10-11,13H2,1-4H3,(H,23,25). The normalized spacial score (nSPS) is 11.7. The first-order chi connectivity index (χ1) is 13.3. The van der Waals surface area contributed by atoms with Crippen LogP contribution in [0.5, 0.6) is 0 Å². The zero-order valence-corrected chi connectivity index (χ0v) is 17.7. The molecule has 2 aromatic rings. The van der Waals surface area contributed by atoms with Crippen molar-refractivity contribution in [1.82, 2.24) is 5.32 Å². The molecular formula is C22H27NO4S. The molecule has 1 unspecified atom stereocenters. The monoisotopic (exact) mass is 401 g/mol. The number of ketones is 1. The van der Waals surface area contributed by atoms with Crippen molar-refractivity contribution in [3.05, 3.63) is 56.8 Å². The van der Waals surface area contributed by atoms with E-state index in [-0.39, 0.29) is 37.2 Å².